The summed E-state index contributed by atoms with van der Waals surface area (Å²) in [5.74, 6) is -0.182. The van der Waals surface area contributed by atoms with Gasteiger partial charge in [-0.3, -0.25) is 9.20 Å². The van der Waals surface area contributed by atoms with Crippen LogP contribution in [-0.2, 0) is 0 Å². The Hall–Kier alpha value is -3.58. The highest BCUT2D eigenvalue weighted by Crippen LogP contribution is 2.30. The van der Waals surface area contributed by atoms with Crippen LogP contribution in [0.15, 0.2) is 73.2 Å². The quantitative estimate of drug-likeness (QED) is 0.514. The number of carbonyl (C=O) groups excluding carboxylic acids is 1. The van der Waals surface area contributed by atoms with Crippen LogP contribution in [0.4, 0.5) is 5.69 Å². The second kappa shape index (κ2) is 6.30. The van der Waals surface area contributed by atoms with Crippen molar-refractivity contribution in [3.8, 4) is 10.6 Å². The first kappa shape index (κ1) is 15.7. The van der Waals surface area contributed by atoms with Gasteiger partial charge in [-0.05, 0) is 48.5 Å². The highest BCUT2D eigenvalue weighted by Gasteiger charge is 2.09. The number of aromatic nitrogens is 4. The van der Waals surface area contributed by atoms with Gasteiger partial charge in [-0.15, -0.1) is 21.5 Å². The lowest BCUT2D eigenvalue weighted by molar-refractivity contribution is 0.102. The van der Waals surface area contributed by atoms with E-state index >= 15 is 0 Å². The van der Waals surface area contributed by atoms with Crippen LogP contribution in [0.2, 0.25) is 0 Å². The minimum atomic E-state index is -0.182. The molecule has 7 heteroatoms. The number of thiazole rings is 1. The molecule has 0 aliphatic rings. The Morgan fingerprint density at radius 1 is 1.00 bits per heavy atom. The van der Waals surface area contributed by atoms with Crippen LogP contribution in [-0.4, -0.2) is 25.5 Å². The Balaban J connectivity index is 1.37. The van der Waals surface area contributed by atoms with Crippen LogP contribution >= 0.6 is 11.3 Å². The molecule has 0 fully saturated rings. The van der Waals surface area contributed by atoms with E-state index in [0.29, 0.717) is 11.2 Å². The first-order chi connectivity index (χ1) is 13.3. The van der Waals surface area contributed by atoms with E-state index in [1.807, 2.05) is 42.5 Å². The van der Waals surface area contributed by atoms with Crippen LogP contribution in [0.25, 0.3) is 26.4 Å². The van der Waals surface area contributed by atoms with Crippen molar-refractivity contribution in [2.45, 2.75) is 0 Å². The molecule has 1 N–H and O–H groups in total. The summed E-state index contributed by atoms with van der Waals surface area (Å²) in [7, 11) is 0. The zero-order valence-electron chi connectivity index (χ0n) is 14.0. The lowest BCUT2D eigenvalue weighted by Gasteiger charge is -2.06. The van der Waals surface area contributed by atoms with Gasteiger partial charge in [0.15, 0.2) is 5.65 Å². The highest BCUT2D eigenvalue weighted by molar-refractivity contribution is 7.21. The number of carbonyl (C=O) groups is 1. The summed E-state index contributed by atoms with van der Waals surface area (Å²) in [4.78, 5) is 17.1. The molecule has 6 nitrogen and oxygen atoms in total. The van der Waals surface area contributed by atoms with Gasteiger partial charge in [0.05, 0.1) is 15.8 Å². The summed E-state index contributed by atoms with van der Waals surface area (Å²) in [5, 5.41) is 11.6. The summed E-state index contributed by atoms with van der Waals surface area (Å²) in [6, 6.07) is 19.3. The lowest BCUT2D eigenvalue weighted by Crippen LogP contribution is -2.12. The molecule has 0 spiro atoms. The largest absolute Gasteiger partial charge is 0.322 e. The zero-order valence-corrected chi connectivity index (χ0v) is 14.9. The molecule has 27 heavy (non-hydrogen) atoms. The molecule has 5 rings (SSSR count). The summed E-state index contributed by atoms with van der Waals surface area (Å²) in [6.07, 6.45) is 3.28. The van der Waals surface area contributed by atoms with Crippen molar-refractivity contribution in [3.63, 3.8) is 0 Å². The molecule has 0 aliphatic heterocycles. The SMILES string of the molecule is O=C(Nc1ccc(-c2nc3ccccc3s2)cc1)c1ccc2nncn2c1. The molecule has 130 valence electrons. The predicted octanol–water partition coefficient (Wildman–Crippen LogP) is 4.26. The molecular weight excluding hydrogens is 358 g/mol. The fraction of sp³-hybridized carbons (Fsp3) is 0. The van der Waals surface area contributed by atoms with Crippen molar-refractivity contribution in [2.24, 2.45) is 0 Å². The van der Waals surface area contributed by atoms with Crippen molar-refractivity contribution < 1.29 is 4.79 Å². The van der Waals surface area contributed by atoms with Gasteiger partial charge in [0, 0.05) is 17.4 Å². The molecule has 0 saturated carbocycles. The van der Waals surface area contributed by atoms with Gasteiger partial charge in [0.25, 0.3) is 5.91 Å². The first-order valence-electron chi connectivity index (χ1n) is 8.33. The van der Waals surface area contributed by atoms with Gasteiger partial charge in [0.2, 0.25) is 0 Å². The van der Waals surface area contributed by atoms with E-state index in [-0.39, 0.29) is 5.91 Å². The normalized spacial score (nSPS) is 11.1. The van der Waals surface area contributed by atoms with Crippen LogP contribution < -0.4 is 5.32 Å². The summed E-state index contributed by atoms with van der Waals surface area (Å²) < 4.78 is 2.87. The minimum absolute atomic E-state index is 0.182. The number of benzene rings is 2. The van der Waals surface area contributed by atoms with E-state index < -0.39 is 0 Å². The van der Waals surface area contributed by atoms with Crippen LogP contribution in [0, 0.1) is 0 Å². The maximum atomic E-state index is 12.5. The number of fused-ring (bicyclic) bond motifs is 2. The molecule has 0 unspecified atom stereocenters. The summed E-state index contributed by atoms with van der Waals surface area (Å²) in [5.41, 5.74) is 4.00. The standard InChI is InChI=1S/C20H13N5OS/c26-19(14-7-10-18-24-21-12-25(18)11-14)22-15-8-5-13(6-9-15)20-23-16-3-1-2-4-17(16)27-20/h1-12H,(H,22,26). The van der Waals surface area contributed by atoms with Gasteiger partial charge in [-0.25, -0.2) is 4.98 Å². The molecule has 2 aromatic carbocycles. The second-order valence-electron chi connectivity index (χ2n) is 6.03. The fourth-order valence-corrected chi connectivity index (χ4v) is 3.83. The third-order valence-electron chi connectivity index (χ3n) is 4.24. The smallest absolute Gasteiger partial charge is 0.257 e. The Morgan fingerprint density at radius 2 is 1.85 bits per heavy atom. The number of nitrogens with one attached hydrogen (secondary N) is 1. The zero-order chi connectivity index (χ0) is 18.2. The molecule has 5 aromatic rings. The number of para-hydroxylation sites is 1. The number of pyridine rings is 1. The fourth-order valence-electron chi connectivity index (χ4n) is 2.86. The topological polar surface area (TPSA) is 72.2 Å². The van der Waals surface area contributed by atoms with Gasteiger partial charge in [0.1, 0.15) is 11.3 Å². The van der Waals surface area contributed by atoms with E-state index in [2.05, 4.69) is 26.6 Å². The van der Waals surface area contributed by atoms with Crippen molar-refractivity contribution in [2.75, 3.05) is 5.32 Å². The Kier molecular flexibility index (Phi) is 3.65. The molecule has 3 aromatic heterocycles. The van der Waals surface area contributed by atoms with Gasteiger partial charge >= 0.3 is 0 Å². The van der Waals surface area contributed by atoms with Crippen molar-refractivity contribution in [1.82, 2.24) is 19.6 Å². The third-order valence-corrected chi connectivity index (χ3v) is 5.32. The van der Waals surface area contributed by atoms with Crippen molar-refractivity contribution >= 4 is 38.8 Å². The third kappa shape index (κ3) is 2.94. The van der Waals surface area contributed by atoms with Crippen LogP contribution in [0.5, 0.6) is 0 Å². The number of hydrogen-bond acceptors (Lipinski definition) is 5. The van der Waals surface area contributed by atoms with Gasteiger partial charge < -0.3 is 5.32 Å². The molecule has 0 saturated heterocycles. The maximum Gasteiger partial charge on any atom is 0.257 e. The Morgan fingerprint density at radius 3 is 2.70 bits per heavy atom. The lowest BCUT2D eigenvalue weighted by atomic mass is 10.2. The van der Waals surface area contributed by atoms with Crippen LogP contribution in [0.3, 0.4) is 0 Å². The van der Waals surface area contributed by atoms with E-state index in [1.54, 1.807) is 40.4 Å². The monoisotopic (exact) mass is 371 g/mol. The molecule has 3 heterocycles. The average molecular weight is 371 g/mol. The van der Waals surface area contributed by atoms with Crippen LogP contribution in [0.1, 0.15) is 10.4 Å². The second-order valence-corrected chi connectivity index (χ2v) is 7.06. The number of anilines is 1. The molecule has 1 amide bonds. The number of nitrogens with zero attached hydrogens (tertiary/aromatic N) is 4. The Bertz CT molecular complexity index is 1240. The first-order valence-corrected chi connectivity index (χ1v) is 9.15. The summed E-state index contributed by atoms with van der Waals surface area (Å²) in [6.45, 7) is 0. The molecule has 0 aliphatic carbocycles. The molecule has 0 atom stereocenters. The van der Waals surface area contributed by atoms with E-state index in [9.17, 15) is 4.79 Å². The molecular formula is C20H13N5OS. The number of amides is 1. The number of hydrogen-bond donors (Lipinski definition) is 1. The maximum absolute atomic E-state index is 12.5. The Labute approximate surface area is 158 Å². The van der Waals surface area contributed by atoms with E-state index in [0.717, 1.165) is 26.5 Å². The summed E-state index contributed by atoms with van der Waals surface area (Å²) >= 11 is 1.66. The number of rotatable bonds is 3. The average Bonchev–Trinajstić information content (AvgIpc) is 3.34. The van der Waals surface area contributed by atoms with Crippen molar-refractivity contribution in [1.29, 1.82) is 0 Å². The van der Waals surface area contributed by atoms with Gasteiger partial charge in [-0.2, -0.15) is 0 Å². The van der Waals surface area contributed by atoms with Crippen molar-refractivity contribution in [3.05, 3.63) is 78.8 Å². The van der Waals surface area contributed by atoms with E-state index in [1.165, 1.54) is 0 Å². The molecule has 0 radical (unpaired) electrons. The highest BCUT2D eigenvalue weighted by atomic mass is 32.1. The van der Waals surface area contributed by atoms with E-state index in [4.69, 9.17) is 0 Å². The minimum Gasteiger partial charge on any atom is -0.322 e. The van der Waals surface area contributed by atoms with Gasteiger partial charge in [-0.1, -0.05) is 12.1 Å². The molecule has 0 bridgehead atoms. The predicted molar refractivity (Wildman–Crippen MR) is 106 cm³/mol.